The van der Waals surface area contributed by atoms with Crippen LogP contribution in [-0.2, 0) is 0 Å². The molecule has 0 radical (unpaired) electrons. The molecule has 3 saturated heterocycles. The second-order valence-electron chi connectivity index (χ2n) is 3.32. The summed E-state index contributed by atoms with van der Waals surface area (Å²) in [5, 5.41) is 9.69. The van der Waals surface area contributed by atoms with Crippen LogP contribution in [0.15, 0.2) is 0 Å². The molecule has 3 aliphatic heterocycles. The van der Waals surface area contributed by atoms with E-state index in [0.29, 0.717) is 0 Å². The quantitative estimate of drug-likeness (QED) is 0.503. The Bertz CT molecular complexity index is 102. The van der Waals surface area contributed by atoms with Crippen LogP contribution >= 0.6 is 0 Å². The molecule has 1 N–H and O–H groups in total. The topological polar surface area (TPSA) is 23.5 Å². The maximum absolute atomic E-state index is 9.69. The Balaban J connectivity index is 2.11. The first-order valence-electron chi connectivity index (χ1n) is 3.73. The van der Waals surface area contributed by atoms with Crippen LogP contribution in [0.5, 0.6) is 0 Å². The van der Waals surface area contributed by atoms with Crippen molar-refractivity contribution in [1.29, 1.82) is 0 Å². The van der Waals surface area contributed by atoms with Crippen molar-refractivity contribution in [3.8, 4) is 0 Å². The van der Waals surface area contributed by atoms with Crippen LogP contribution in [0.25, 0.3) is 0 Å². The summed E-state index contributed by atoms with van der Waals surface area (Å²) in [5.41, 5.74) is -0.255. The molecule has 0 aromatic rings. The van der Waals surface area contributed by atoms with Gasteiger partial charge in [-0.1, -0.05) is 0 Å². The smallest absolute Gasteiger partial charge is 0.0684 e. The van der Waals surface area contributed by atoms with Crippen molar-refractivity contribution in [3.63, 3.8) is 0 Å². The number of nitrogens with zero attached hydrogens (tertiary/aromatic N) is 1. The molecular weight excluding hydrogens is 114 g/mol. The standard InChI is InChI=1S/C7H13NO/c9-7-1-4-8(5-2-7)6-3-7/h9H,1-6H2. The number of fused-ring (bicyclic) bond motifs is 3. The Kier molecular flexibility index (Phi) is 1.08. The average Bonchev–Trinajstić information content (AvgIpc) is 1.90. The molecule has 0 amide bonds. The zero-order chi connectivity index (χ0) is 6.32. The Labute approximate surface area is 55.5 Å². The van der Waals surface area contributed by atoms with Crippen LogP contribution in [0.2, 0.25) is 0 Å². The van der Waals surface area contributed by atoms with Crippen LogP contribution in [0.4, 0.5) is 0 Å². The van der Waals surface area contributed by atoms with E-state index >= 15 is 0 Å². The number of piperidine rings is 3. The summed E-state index contributed by atoms with van der Waals surface area (Å²) in [7, 11) is 0. The van der Waals surface area contributed by atoms with E-state index in [1.807, 2.05) is 0 Å². The second-order valence-corrected chi connectivity index (χ2v) is 3.32. The van der Waals surface area contributed by atoms with Gasteiger partial charge in [-0.2, -0.15) is 0 Å². The normalized spacial score (nSPS) is 49.7. The van der Waals surface area contributed by atoms with Crippen LogP contribution in [0.3, 0.4) is 0 Å². The molecule has 52 valence electrons. The van der Waals surface area contributed by atoms with Gasteiger partial charge < -0.3 is 10.0 Å². The van der Waals surface area contributed by atoms with Gasteiger partial charge in [0.1, 0.15) is 0 Å². The highest BCUT2D eigenvalue weighted by molar-refractivity contribution is 4.91. The number of rotatable bonds is 0. The first-order valence-corrected chi connectivity index (χ1v) is 3.73. The zero-order valence-corrected chi connectivity index (χ0v) is 5.64. The fraction of sp³-hybridized carbons (Fsp3) is 1.00. The van der Waals surface area contributed by atoms with Gasteiger partial charge in [-0.3, -0.25) is 0 Å². The van der Waals surface area contributed by atoms with Crippen molar-refractivity contribution in [2.24, 2.45) is 0 Å². The molecule has 0 saturated carbocycles. The summed E-state index contributed by atoms with van der Waals surface area (Å²) in [6, 6.07) is 0. The van der Waals surface area contributed by atoms with Gasteiger partial charge in [-0.05, 0) is 19.3 Å². The summed E-state index contributed by atoms with van der Waals surface area (Å²) >= 11 is 0. The van der Waals surface area contributed by atoms with Gasteiger partial charge in [0.25, 0.3) is 0 Å². The highest BCUT2D eigenvalue weighted by atomic mass is 16.3. The van der Waals surface area contributed by atoms with Crippen molar-refractivity contribution in [3.05, 3.63) is 0 Å². The van der Waals surface area contributed by atoms with E-state index in [0.717, 1.165) is 38.9 Å². The molecule has 9 heavy (non-hydrogen) atoms. The van der Waals surface area contributed by atoms with Crippen molar-refractivity contribution in [1.82, 2.24) is 4.90 Å². The molecule has 3 rings (SSSR count). The Morgan fingerprint density at radius 1 is 1.00 bits per heavy atom. The fourth-order valence-corrected chi connectivity index (χ4v) is 1.81. The minimum atomic E-state index is -0.255. The summed E-state index contributed by atoms with van der Waals surface area (Å²) in [4.78, 5) is 2.43. The lowest BCUT2D eigenvalue weighted by Gasteiger charge is -2.44. The maximum atomic E-state index is 9.69. The summed E-state index contributed by atoms with van der Waals surface area (Å²) in [6.45, 7) is 3.36. The fourth-order valence-electron chi connectivity index (χ4n) is 1.81. The molecule has 0 atom stereocenters. The van der Waals surface area contributed by atoms with Gasteiger partial charge in [0, 0.05) is 19.6 Å². The Morgan fingerprint density at radius 2 is 1.44 bits per heavy atom. The molecule has 3 heterocycles. The lowest BCUT2D eigenvalue weighted by Crippen LogP contribution is -2.52. The van der Waals surface area contributed by atoms with Gasteiger partial charge in [-0.25, -0.2) is 0 Å². The molecular formula is C7H13NO. The van der Waals surface area contributed by atoms with E-state index in [4.69, 9.17) is 0 Å². The lowest BCUT2D eigenvalue weighted by molar-refractivity contribution is -0.0707. The Morgan fingerprint density at radius 3 is 1.67 bits per heavy atom. The minimum Gasteiger partial charge on any atom is -0.390 e. The highest BCUT2D eigenvalue weighted by Gasteiger charge is 2.36. The highest BCUT2D eigenvalue weighted by Crippen LogP contribution is 2.30. The monoisotopic (exact) mass is 127 g/mol. The van der Waals surface area contributed by atoms with Crippen LogP contribution in [0, 0.1) is 0 Å². The average molecular weight is 127 g/mol. The third-order valence-corrected chi connectivity index (χ3v) is 2.68. The minimum absolute atomic E-state index is 0.255. The third kappa shape index (κ3) is 0.864. The number of hydrogen-bond acceptors (Lipinski definition) is 2. The van der Waals surface area contributed by atoms with Crippen molar-refractivity contribution < 1.29 is 5.11 Å². The van der Waals surface area contributed by atoms with Crippen molar-refractivity contribution in [2.45, 2.75) is 24.9 Å². The lowest BCUT2D eigenvalue weighted by atomic mass is 9.84. The SMILES string of the molecule is OC12CCN(CC1)CC2. The van der Waals surface area contributed by atoms with E-state index in [-0.39, 0.29) is 5.60 Å². The van der Waals surface area contributed by atoms with Crippen LogP contribution < -0.4 is 0 Å². The van der Waals surface area contributed by atoms with E-state index in [2.05, 4.69) is 4.90 Å². The summed E-state index contributed by atoms with van der Waals surface area (Å²) in [6.07, 6.45) is 3.02. The summed E-state index contributed by atoms with van der Waals surface area (Å²) < 4.78 is 0. The van der Waals surface area contributed by atoms with E-state index < -0.39 is 0 Å². The second kappa shape index (κ2) is 1.70. The first-order chi connectivity index (χ1) is 4.29. The molecule has 0 aliphatic carbocycles. The van der Waals surface area contributed by atoms with Gasteiger partial charge in [0.15, 0.2) is 0 Å². The molecule has 0 unspecified atom stereocenters. The molecule has 2 nitrogen and oxygen atoms in total. The largest absolute Gasteiger partial charge is 0.390 e. The van der Waals surface area contributed by atoms with Crippen molar-refractivity contribution in [2.75, 3.05) is 19.6 Å². The van der Waals surface area contributed by atoms with Gasteiger partial charge in [0.05, 0.1) is 5.60 Å². The predicted octanol–water partition coefficient (Wildman–Crippen LogP) is 0.217. The van der Waals surface area contributed by atoms with E-state index in [1.165, 1.54) is 0 Å². The van der Waals surface area contributed by atoms with E-state index in [9.17, 15) is 5.11 Å². The molecule has 2 heteroatoms. The molecule has 0 aromatic heterocycles. The van der Waals surface area contributed by atoms with Gasteiger partial charge >= 0.3 is 0 Å². The van der Waals surface area contributed by atoms with Crippen LogP contribution in [0.1, 0.15) is 19.3 Å². The number of aliphatic hydroxyl groups is 1. The number of hydrogen-bond donors (Lipinski definition) is 1. The third-order valence-electron chi connectivity index (χ3n) is 2.68. The predicted molar refractivity (Wildman–Crippen MR) is 35.2 cm³/mol. The molecule has 2 bridgehead atoms. The maximum Gasteiger partial charge on any atom is 0.0684 e. The van der Waals surface area contributed by atoms with E-state index in [1.54, 1.807) is 0 Å². The van der Waals surface area contributed by atoms with Gasteiger partial charge in [-0.15, -0.1) is 0 Å². The molecule has 0 aromatic carbocycles. The molecule has 3 aliphatic rings. The molecule has 0 spiro atoms. The van der Waals surface area contributed by atoms with Crippen molar-refractivity contribution >= 4 is 0 Å². The zero-order valence-electron chi connectivity index (χ0n) is 5.64. The molecule has 3 fully saturated rings. The summed E-state index contributed by atoms with van der Waals surface area (Å²) in [5.74, 6) is 0. The Hall–Kier alpha value is -0.0800. The first kappa shape index (κ1) is 5.69. The van der Waals surface area contributed by atoms with Gasteiger partial charge in [0.2, 0.25) is 0 Å². The van der Waals surface area contributed by atoms with Crippen LogP contribution in [-0.4, -0.2) is 35.2 Å².